The fraction of sp³-hybridized carbons (Fsp3) is 0.100. The Hall–Kier alpha value is -3.55. The minimum atomic E-state index is -4.59. The normalized spacial score (nSPS) is 11.1. The molecule has 28 heavy (non-hydrogen) atoms. The molecule has 0 aliphatic rings. The first-order valence-corrected chi connectivity index (χ1v) is 8.18. The molecule has 2 N–H and O–H groups in total. The molecule has 0 fully saturated rings. The van der Waals surface area contributed by atoms with Gasteiger partial charge in [0.25, 0.3) is 5.91 Å². The van der Waals surface area contributed by atoms with Gasteiger partial charge in [-0.3, -0.25) is 9.59 Å². The first-order valence-electron chi connectivity index (χ1n) is 8.18. The van der Waals surface area contributed by atoms with E-state index < -0.39 is 23.2 Å². The summed E-state index contributed by atoms with van der Waals surface area (Å²) in [4.78, 5) is 26.3. The van der Waals surface area contributed by atoms with Gasteiger partial charge in [-0.25, -0.2) is 0 Å². The summed E-state index contributed by atoms with van der Waals surface area (Å²) in [7, 11) is 0. The predicted octanol–water partition coefficient (Wildman–Crippen LogP) is 4.75. The number of alkyl halides is 3. The van der Waals surface area contributed by atoms with Crippen molar-refractivity contribution in [2.45, 2.75) is 13.1 Å². The van der Waals surface area contributed by atoms with Crippen LogP contribution in [0.2, 0.25) is 0 Å². The van der Waals surface area contributed by atoms with Crippen molar-refractivity contribution in [3.63, 3.8) is 0 Å². The van der Waals surface area contributed by atoms with Crippen LogP contribution in [-0.2, 0) is 6.18 Å². The summed E-state index contributed by atoms with van der Waals surface area (Å²) in [6.45, 7) is 1.86. The topological polar surface area (TPSA) is 71.2 Å². The number of carbonyl (C=O) groups is 1. The van der Waals surface area contributed by atoms with Crippen LogP contribution in [0.5, 0.6) is 11.5 Å². The number of ether oxygens (including phenoxy) is 1. The summed E-state index contributed by atoms with van der Waals surface area (Å²) in [5.41, 5.74) is -0.323. The molecule has 3 aromatic rings. The smallest absolute Gasteiger partial charge is 0.416 e. The van der Waals surface area contributed by atoms with E-state index in [1.54, 1.807) is 24.3 Å². The first kappa shape index (κ1) is 19.2. The minimum absolute atomic E-state index is 0.103. The van der Waals surface area contributed by atoms with Gasteiger partial charge < -0.3 is 15.0 Å². The Bertz CT molecular complexity index is 1060. The summed E-state index contributed by atoms with van der Waals surface area (Å²) in [5, 5.41) is 2.47. The first-order chi connectivity index (χ1) is 13.2. The summed E-state index contributed by atoms with van der Waals surface area (Å²) < 4.78 is 44.8. The van der Waals surface area contributed by atoms with Crippen LogP contribution in [0.25, 0.3) is 0 Å². The molecule has 0 radical (unpaired) electrons. The minimum Gasteiger partial charge on any atom is -0.457 e. The Labute approximate surface area is 157 Å². The molecular formula is C20H15F3N2O3. The second kappa shape index (κ2) is 7.59. The third kappa shape index (κ3) is 4.59. The molecular weight excluding hydrogens is 373 g/mol. The lowest BCUT2D eigenvalue weighted by Gasteiger charge is -2.14. The number of benzene rings is 2. The van der Waals surface area contributed by atoms with Crippen LogP contribution in [0, 0.1) is 6.92 Å². The highest BCUT2D eigenvalue weighted by molar-refractivity contribution is 6.06. The van der Waals surface area contributed by atoms with Gasteiger partial charge in [0.2, 0.25) is 5.56 Å². The number of carbonyl (C=O) groups excluding carboxylic acids is 1. The number of pyridine rings is 1. The number of anilines is 1. The highest BCUT2D eigenvalue weighted by Crippen LogP contribution is 2.35. The largest absolute Gasteiger partial charge is 0.457 e. The molecule has 0 aliphatic heterocycles. The number of nitrogens with one attached hydrogen (secondary N) is 2. The number of aromatic amines is 1. The molecule has 5 nitrogen and oxygen atoms in total. The molecule has 0 spiro atoms. The number of H-pyrrole nitrogens is 1. The number of aryl methyl sites for hydroxylation is 1. The van der Waals surface area contributed by atoms with Gasteiger partial charge in [0, 0.05) is 18.0 Å². The van der Waals surface area contributed by atoms with Gasteiger partial charge in [0.1, 0.15) is 11.5 Å². The molecule has 3 rings (SSSR count). The van der Waals surface area contributed by atoms with E-state index in [9.17, 15) is 22.8 Å². The van der Waals surface area contributed by atoms with E-state index in [1.165, 1.54) is 12.3 Å². The van der Waals surface area contributed by atoms with Crippen LogP contribution >= 0.6 is 0 Å². The molecule has 144 valence electrons. The van der Waals surface area contributed by atoms with Gasteiger partial charge in [0.05, 0.1) is 11.1 Å². The van der Waals surface area contributed by atoms with Crippen LogP contribution in [0.4, 0.5) is 18.9 Å². The molecule has 0 aliphatic carbocycles. The lowest BCUT2D eigenvalue weighted by atomic mass is 10.1. The van der Waals surface area contributed by atoms with E-state index >= 15 is 0 Å². The van der Waals surface area contributed by atoms with E-state index in [4.69, 9.17) is 4.74 Å². The molecule has 0 saturated heterocycles. The Morgan fingerprint density at radius 1 is 1.04 bits per heavy atom. The predicted molar refractivity (Wildman–Crippen MR) is 97.7 cm³/mol. The van der Waals surface area contributed by atoms with E-state index in [2.05, 4.69) is 10.3 Å². The molecule has 2 aromatic carbocycles. The monoisotopic (exact) mass is 388 g/mol. The zero-order valence-electron chi connectivity index (χ0n) is 14.6. The molecule has 0 saturated carbocycles. The second-order valence-corrected chi connectivity index (χ2v) is 6.02. The van der Waals surface area contributed by atoms with Crippen molar-refractivity contribution < 1.29 is 22.7 Å². The van der Waals surface area contributed by atoms with Crippen LogP contribution in [0.3, 0.4) is 0 Å². The van der Waals surface area contributed by atoms with Crippen LogP contribution in [-0.4, -0.2) is 10.9 Å². The second-order valence-electron chi connectivity index (χ2n) is 6.02. The number of hydrogen-bond acceptors (Lipinski definition) is 3. The summed E-state index contributed by atoms with van der Waals surface area (Å²) in [5.74, 6) is -0.669. The molecule has 0 unspecified atom stereocenters. The SMILES string of the molecule is Cc1ccc(Oc2cc(C(F)(F)F)ccc2C(=O)Nc2cc[nH]c(=O)c2)cc1. The van der Waals surface area contributed by atoms with Gasteiger partial charge in [-0.05, 0) is 43.3 Å². The molecule has 1 heterocycles. The fourth-order valence-corrected chi connectivity index (χ4v) is 2.42. The Balaban J connectivity index is 1.97. The van der Waals surface area contributed by atoms with Gasteiger partial charge >= 0.3 is 6.18 Å². The molecule has 0 bridgehead atoms. The summed E-state index contributed by atoms with van der Waals surface area (Å²) in [6, 6.07) is 11.9. The van der Waals surface area contributed by atoms with Crippen molar-refractivity contribution in [3.05, 3.63) is 87.8 Å². The number of rotatable bonds is 4. The van der Waals surface area contributed by atoms with Gasteiger partial charge in [-0.2, -0.15) is 13.2 Å². The lowest BCUT2D eigenvalue weighted by molar-refractivity contribution is -0.137. The average Bonchev–Trinajstić information content (AvgIpc) is 2.63. The number of hydrogen-bond donors (Lipinski definition) is 2. The third-order valence-corrected chi connectivity index (χ3v) is 3.84. The maximum atomic E-state index is 13.1. The molecule has 0 atom stereocenters. The Morgan fingerprint density at radius 2 is 1.75 bits per heavy atom. The van der Waals surface area contributed by atoms with Crippen LogP contribution < -0.4 is 15.6 Å². The Kier molecular flexibility index (Phi) is 5.21. The van der Waals surface area contributed by atoms with Crippen LogP contribution in [0.15, 0.2) is 65.6 Å². The van der Waals surface area contributed by atoms with Crippen molar-refractivity contribution in [1.29, 1.82) is 0 Å². The highest BCUT2D eigenvalue weighted by Gasteiger charge is 2.32. The number of halogens is 3. The zero-order chi connectivity index (χ0) is 20.3. The molecule has 1 aromatic heterocycles. The van der Waals surface area contributed by atoms with E-state index in [-0.39, 0.29) is 22.7 Å². The Morgan fingerprint density at radius 3 is 2.39 bits per heavy atom. The van der Waals surface area contributed by atoms with E-state index in [0.717, 1.165) is 29.8 Å². The van der Waals surface area contributed by atoms with Crippen molar-refractivity contribution in [3.8, 4) is 11.5 Å². The van der Waals surface area contributed by atoms with Gasteiger partial charge in [-0.1, -0.05) is 17.7 Å². The lowest BCUT2D eigenvalue weighted by Crippen LogP contribution is -2.16. The van der Waals surface area contributed by atoms with Crippen LogP contribution in [0.1, 0.15) is 21.5 Å². The number of aromatic nitrogens is 1. The summed E-state index contributed by atoms with van der Waals surface area (Å²) in [6.07, 6.45) is -3.25. The average molecular weight is 388 g/mol. The number of amides is 1. The van der Waals surface area contributed by atoms with Crippen molar-refractivity contribution >= 4 is 11.6 Å². The quantitative estimate of drug-likeness (QED) is 0.678. The van der Waals surface area contributed by atoms with Gasteiger partial charge in [-0.15, -0.1) is 0 Å². The van der Waals surface area contributed by atoms with Crippen molar-refractivity contribution in [1.82, 2.24) is 4.98 Å². The molecule has 8 heteroatoms. The highest BCUT2D eigenvalue weighted by atomic mass is 19.4. The maximum absolute atomic E-state index is 13.1. The van der Waals surface area contributed by atoms with E-state index in [0.29, 0.717) is 0 Å². The zero-order valence-corrected chi connectivity index (χ0v) is 14.6. The van der Waals surface area contributed by atoms with Crippen molar-refractivity contribution in [2.75, 3.05) is 5.32 Å². The molecule has 1 amide bonds. The standard InChI is InChI=1S/C20H15F3N2O3/c1-12-2-5-15(6-3-12)28-17-10-13(20(21,22)23)4-7-16(17)19(27)25-14-8-9-24-18(26)11-14/h2-11H,1H3,(H2,24,25,26,27). The maximum Gasteiger partial charge on any atom is 0.416 e. The summed E-state index contributed by atoms with van der Waals surface area (Å²) >= 11 is 0. The third-order valence-electron chi connectivity index (χ3n) is 3.84. The van der Waals surface area contributed by atoms with E-state index in [1.807, 2.05) is 6.92 Å². The van der Waals surface area contributed by atoms with Crippen molar-refractivity contribution in [2.24, 2.45) is 0 Å². The fourth-order valence-electron chi connectivity index (χ4n) is 2.42. The van der Waals surface area contributed by atoms with Gasteiger partial charge in [0.15, 0.2) is 0 Å².